The molecule has 0 atom stereocenters. The highest BCUT2D eigenvalue weighted by atomic mass is 79.9. The number of hydrogen-bond acceptors (Lipinski definition) is 3. The average Bonchev–Trinajstić information content (AvgIpc) is 2.14. The summed E-state index contributed by atoms with van der Waals surface area (Å²) in [6.45, 7) is 4.74. The molecule has 1 heterocycles. The Morgan fingerprint density at radius 1 is 1.50 bits per heavy atom. The maximum absolute atomic E-state index is 11.5. The number of methoxy groups -OCH3 is 1. The molecule has 4 nitrogen and oxygen atoms in total. The molecule has 0 saturated heterocycles. The van der Waals surface area contributed by atoms with Crippen LogP contribution in [0.2, 0.25) is 0 Å². The zero-order valence-electron chi connectivity index (χ0n) is 8.50. The number of halogens is 1. The zero-order valence-corrected chi connectivity index (χ0v) is 10.1. The molecule has 0 unspecified atom stereocenters. The predicted octanol–water partition coefficient (Wildman–Crippen LogP) is 1.27. The van der Waals surface area contributed by atoms with Gasteiger partial charge in [-0.15, -0.1) is 0 Å². The van der Waals surface area contributed by atoms with Gasteiger partial charge in [-0.3, -0.25) is 4.57 Å². The van der Waals surface area contributed by atoms with E-state index in [9.17, 15) is 4.79 Å². The normalized spacial score (nSPS) is 10.6. The molecule has 78 valence electrons. The summed E-state index contributed by atoms with van der Waals surface area (Å²) in [5, 5.41) is 0. The zero-order chi connectivity index (χ0) is 10.7. The Kier molecular flexibility index (Phi) is 3.83. The van der Waals surface area contributed by atoms with Gasteiger partial charge in [-0.1, -0.05) is 0 Å². The lowest BCUT2D eigenvalue weighted by Gasteiger charge is -2.11. The number of hydrogen-bond donors (Lipinski definition) is 0. The summed E-state index contributed by atoms with van der Waals surface area (Å²) in [5.41, 5.74) is 1.39. The van der Waals surface area contributed by atoms with Crippen LogP contribution < -0.4 is 5.69 Å². The topological polar surface area (TPSA) is 44.1 Å². The van der Waals surface area contributed by atoms with Gasteiger partial charge in [0, 0.05) is 12.8 Å². The van der Waals surface area contributed by atoms with Gasteiger partial charge in [-0.25, -0.2) is 4.79 Å². The van der Waals surface area contributed by atoms with E-state index in [4.69, 9.17) is 4.74 Å². The summed E-state index contributed by atoms with van der Waals surface area (Å²) in [6, 6.07) is 0. The van der Waals surface area contributed by atoms with E-state index in [1.54, 1.807) is 18.6 Å². The fourth-order valence-corrected chi connectivity index (χ4v) is 1.53. The number of aryl methyl sites for hydroxylation is 1. The number of rotatable bonds is 3. The van der Waals surface area contributed by atoms with E-state index in [2.05, 4.69) is 20.9 Å². The standard InChI is InChI=1S/C9H13BrN2O2/c1-6-8(10)7(2)12(4-5-14-3)9(13)11-6/h4-5H2,1-3H3. The second kappa shape index (κ2) is 4.70. The SMILES string of the molecule is COCCn1c(C)c(Br)c(C)nc1=O. The molecule has 1 aromatic heterocycles. The van der Waals surface area contributed by atoms with Crippen LogP contribution in [0.15, 0.2) is 9.27 Å². The van der Waals surface area contributed by atoms with Gasteiger partial charge >= 0.3 is 5.69 Å². The smallest absolute Gasteiger partial charge is 0.348 e. The van der Waals surface area contributed by atoms with Crippen LogP contribution in [0.25, 0.3) is 0 Å². The summed E-state index contributed by atoms with van der Waals surface area (Å²) in [5.74, 6) is 0. The Morgan fingerprint density at radius 2 is 2.14 bits per heavy atom. The van der Waals surface area contributed by atoms with Crippen LogP contribution in [-0.4, -0.2) is 23.3 Å². The summed E-state index contributed by atoms with van der Waals surface area (Å²) >= 11 is 3.39. The molecule has 0 amide bonds. The molecule has 0 bridgehead atoms. The third-order valence-corrected chi connectivity index (χ3v) is 3.20. The van der Waals surface area contributed by atoms with E-state index < -0.39 is 0 Å². The van der Waals surface area contributed by atoms with Gasteiger partial charge in [-0.2, -0.15) is 4.98 Å². The van der Waals surface area contributed by atoms with Crippen molar-refractivity contribution in [2.45, 2.75) is 20.4 Å². The fourth-order valence-electron chi connectivity index (χ4n) is 1.22. The van der Waals surface area contributed by atoms with Crippen molar-refractivity contribution in [1.29, 1.82) is 0 Å². The van der Waals surface area contributed by atoms with E-state index >= 15 is 0 Å². The van der Waals surface area contributed by atoms with Crippen molar-refractivity contribution in [2.24, 2.45) is 0 Å². The number of aromatic nitrogens is 2. The van der Waals surface area contributed by atoms with Crippen LogP contribution in [-0.2, 0) is 11.3 Å². The van der Waals surface area contributed by atoms with Gasteiger partial charge < -0.3 is 4.74 Å². The third kappa shape index (κ3) is 2.22. The summed E-state index contributed by atoms with van der Waals surface area (Å²) in [7, 11) is 1.61. The van der Waals surface area contributed by atoms with Crippen molar-refractivity contribution in [3.63, 3.8) is 0 Å². The van der Waals surface area contributed by atoms with Gasteiger partial charge in [0.05, 0.1) is 23.3 Å². The molecule has 1 aromatic rings. The summed E-state index contributed by atoms with van der Waals surface area (Å²) < 4.78 is 7.40. The molecular formula is C9H13BrN2O2. The van der Waals surface area contributed by atoms with Crippen molar-refractivity contribution < 1.29 is 4.74 Å². The van der Waals surface area contributed by atoms with Crippen molar-refractivity contribution in [1.82, 2.24) is 9.55 Å². The molecular weight excluding hydrogens is 248 g/mol. The van der Waals surface area contributed by atoms with Crippen LogP contribution in [0.4, 0.5) is 0 Å². The summed E-state index contributed by atoms with van der Waals surface area (Å²) in [4.78, 5) is 15.4. The monoisotopic (exact) mass is 260 g/mol. The molecule has 0 fully saturated rings. The lowest BCUT2D eigenvalue weighted by molar-refractivity contribution is 0.185. The molecule has 1 rings (SSSR count). The first-order valence-corrected chi connectivity index (χ1v) is 5.09. The van der Waals surface area contributed by atoms with E-state index in [0.717, 1.165) is 15.9 Å². The van der Waals surface area contributed by atoms with E-state index in [1.165, 1.54) is 0 Å². The molecule has 0 radical (unpaired) electrons. The maximum atomic E-state index is 11.5. The first-order valence-electron chi connectivity index (χ1n) is 4.30. The van der Waals surface area contributed by atoms with Crippen molar-refractivity contribution in [3.05, 3.63) is 26.3 Å². The van der Waals surface area contributed by atoms with Gasteiger partial charge in [0.25, 0.3) is 0 Å². The Labute approximate surface area is 91.0 Å². The second-order valence-corrected chi connectivity index (χ2v) is 3.82. The van der Waals surface area contributed by atoms with Crippen LogP contribution in [0.5, 0.6) is 0 Å². The Bertz CT molecular complexity index is 387. The number of nitrogens with zero attached hydrogens (tertiary/aromatic N) is 2. The van der Waals surface area contributed by atoms with Crippen LogP contribution in [0.1, 0.15) is 11.4 Å². The van der Waals surface area contributed by atoms with E-state index in [-0.39, 0.29) is 5.69 Å². The molecule has 0 saturated carbocycles. The minimum absolute atomic E-state index is 0.222. The lowest BCUT2D eigenvalue weighted by atomic mass is 10.3. The fraction of sp³-hybridized carbons (Fsp3) is 0.556. The Morgan fingerprint density at radius 3 is 2.71 bits per heavy atom. The van der Waals surface area contributed by atoms with Gasteiger partial charge in [-0.05, 0) is 29.8 Å². The quantitative estimate of drug-likeness (QED) is 0.823. The van der Waals surface area contributed by atoms with Crippen molar-refractivity contribution in [3.8, 4) is 0 Å². The molecule has 0 aromatic carbocycles. The first kappa shape index (κ1) is 11.4. The van der Waals surface area contributed by atoms with Crippen LogP contribution in [0.3, 0.4) is 0 Å². The molecule has 0 spiro atoms. The van der Waals surface area contributed by atoms with Crippen molar-refractivity contribution in [2.75, 3.05) is 13.7 Å². The molecule has 0 aliphatic rings. The molecule has 0 N–H and O–H groups in total. The molecule has 0 aliphatic carbocycles. The van der Waals surface area contributed by atoms with E-state index in [0.29, 0.717) is 13.2 Å². The predicted molar refractivity (Wildman–Crippen MR) is 57.5 cm³/mol. The van der Waals surface area contributed by atoms with Gasteiger partial charge in [0.15, 0.2) is 0 Å². The molecule has 5 heteroatoms. The minimum Gasteiger partial charge on any atom is -0.383 e. The second-order valence-electron chi connectivity index (χ2n) is 3.02. The largest absolute Gasteiger partial charge is 0.383 e. The van der Waals surface area contributed by atoms with Gasteiger partial charge in [0.1, 0.15) is 0 Å². The average molecular weight is 261 g/mol. The van der Waals surface area contributed by atoms with Crippen LogP contribution >= 0.6 is 15.9 Å². The molecule has 14 heavy (non-hydrogen) atoms. The highest BCUT2D eigenvalue weighted by Crippen LogP contribution is 2.16. The van der Waals surface area contributed by atoms with Crippen LogP contribution in [0, 0.1) is 13.8 Å². The highest BCUT2D eigenvalue weighted by molar-refractivity contribution is 9.10. The first-order chi connectivity index (χ1) is 6.57. The summed E-state index contributed by atoms with van der Waals surface area (Å²) in [6.07, 6.45) is 0. The lowest BCUT2D eigenvalue weighted by Crippen LogP contribution is -2.27. The Hall–Kier alpha value is -0.680. The number of ether oxygens (including phenoxy) is 1. The maximum Gasteiger partial charge on any atom is 0.348 e. The van der Waals surface area contributed by atoms with Crippen molar-refractivity contribution >= 4 is 15.9 Å². The van der Waals surface area contributed by atoms with Gasteiger partial charge in [0.2, 0.25) is 0 Å². The van der Waals surface area contributed by atoms with E-state index in [1.807, 2.05) is 6.92 Å². The Balaban J connectivity index is 3.16. The third-order valence-electron chi connectivity index (χ3n) is 2.05. The minimum atomic E-state index is -0.222. The molecule has 0 aliphatic heterocycles. The highest BCUT2D eigenvalue weighted by Gasteiger charge is 2.08.